The van der Waals surface area contributed by atoms with Crippen molar-refractivity contribution in [2.75, 3.05) is 6.54 Å². The molecule has 0 spiro atoms. The summed E-state index contributed by atoms with van der Waals surface area (Å²) in [5.74, 6) is 0. The average molecular weight is 343 g/mol. The number of halogens is 2. The van der Waals surface area contributed by atoms with E-state index in [1.165, 1.54) is 11.1 Å². The number of benzene rings is 1. The van der Waals surface area contributed by atoms with E-state index in [4.69, 9.17) is 11.6 Å². The van der Waals surface area contributed by atoms with Gasteiger partial charge in [0.2, 0.25) is 0 Å². The van der Waals surface area contributed by atoms with E-state index in [1.54, 1.807) is 6.20 Å². The van der Waals surface area contributed by atoms with Crippen molar-refractivity contribution < 1.29 is 0 Å². The maximum absolute atomic E-state index is 6.28. The van der Waals surface area contributed by atoms with Gasteiger partial charge in [0.25, 0.3) is 0 Å². The highest BCUT2D eigenvalue weighted by Crippen LogP contribution is 2.33. The van der Waals surface area contributed by atoms with Crippen molar-refractivity contribution in [3.05, 3.63) is 50.7 Å². The Morgan fingerprint density at radius 1 is 1.47 bits per heavy atom. The molecule has 19 heavy (non-hydrogen) atoms. The number of rotatable bonds is 4. The van der Waals surface area contributed by atoms with Gasteiger partial charge in [0.15, 0.2) is 0 Å². The van der Waals surface area contributed by atoms with Crippen molar-refractivity contribution in [3.63, 3.8) is 0 Å². The molecular weight excluding hydrogens is 326 g/mol. The highest BCUT2D eigenvalue weighted by Gasteiger charge is 2.22. The van der Waals surface area contributed by atoms with Crippen molar-refractivity contribution in [3.8, 4) is 0 Å². The third kappa shape index (κ3) is 2.86. The minimum Gasteiger partial charge on any atom is -0.305 e. The molecule has 1 aromatic carbocycles. The Bertz CT molecular complexity index is 561. The number of hydrogen-bond acceptors (Lipinski definition) is 2. The summed E-state index contributed by atoms with van der Waals surface area (Å²) in [5, 5.41) is 8.38. The number of nitrogens with zero attached hydrogens (tertiary/aromatic N) is 2. The number of aryl methyl sites for hydroxylation is 2. The molecule has 0 radical (unpaired) electrons. The summed E-state index contributed by atoms with van der Waals surface area (Å²) in [5.41, 5.74) is 3.36. The zero-order chi connectivity index (χ0) is 14.0. The van der Waals surface area contributed by atoms with Crippen LogP contribution in [-0.2, 0) is 7.05 Å². The van der Waals surface area contributed by atoms with Crippen LogP contribution in [0.15, 0.2) is 28.9 Å². The summed E-state index contributed by atoms with van der Waals surface area (Å²) in [4.78, 5) is 0. The molecule has 0 saturated carbocycles. The summed E-state index contributed by atoms with van der Waals surface area (Å²) in [7, 11) is 1.91. The quantitative estimate of drug-likeness (QED) is 0.915. The third-order valence-electron chi connectivity index (χ3n) is 3.15. The fourth-order valence-corrected chi connectivity index (χ4v) is 2.96. The first-order chi connectivity index (χ1) is 9.06. The molecule has 0 aliphatic rings. The van der Waals surface area contributed by atoms with Crippen LogP contribution < -0.4 is 5.32 Å². The smallest absolute Gasteiger partial charge is 0.0837 e. The Labute approximate surface area is 127 Å². The van der Waals surface area contributed by atoms with Crippen LogP contribution in [0.5, 0.6) is 0 Å². The number of nitrogens with one attached hydrogen (secondary N) is 1. The van der Waals surface area contributed by atoms with Crippen LogP contribution in [0.2, 0.25) is 5.02 Å². The van der Waals surface area contributed by atoms with Crippen LogP contribution in [0.4, 0.5) is 0 Å². The van der Waals surface area contributed by atoms with Crippen LogP contribution in [0.3, 0.4) is 0 Å². The van der Waals surface area contributed by atoms with Gasteiger partial charge in [-0.3, -0.25) is 4.68 Å². The summed E-state index contributed by atoms with van der Waals surface area (Å²) >= 11 is 9.95. The first-order valence-corrected chi connectivity index (χ1v) is 7.39. The molecule has 2 aromatic rings. The second-order valence-electron chi connectivity index (χ2n) is 4.47. The van der Waals surface area contributed by atoms with Crippen LogP contribution in [-0.4, -0.2) is 16.3 Å². The molecule has 3 nitrogen and oxygen atoms in total. The zero-order valence-electron chi connectivity index (χ0n) is 11.2. The van der Waals surface area contributed by atoms with Crippen LogP contribution >= 0.6 is 27.5 Å². The molecule has 0 bridgehead atoms. The fourth-order valence-electron chi connectivity index (χ4n) is 2.20. The predicted molar refractivity (Wildman–Crippen MR) is 82.6 cm³/mol. The van der Waals surface area contributed by atoms with E-state index < -0.39 is 0 Å². The van der Waals surface area contributed by atoms with Gasteiger partial charge >= 0.3 is 0 Å². The molecular formula is C14H17BrClN3. The molecule has 0 aliphatic carbocycles. The largest absolute Gasteiger partial charge is 0.305 e. The fraction of sp³-hybridized carbons (Fsp3) is 0.357. The summed E-state index contributed by atoms with van der Waals surface area (Å²) in [6, 6.07) is 6.28. The molecule has 1 heterocycles. The van der Waals surface area contributed by atoms with Crippen LogP contribution in [0.1, 0.15) is 29.8 Å². The van der Waals surface area contributed by atoms with Gasteiger partial charge in [0, 0.05) is 11.5 Å². The Morgan fingerprint density at radius 2 is 2.21 bits per heavy atom. The van der Waals surface area contributed by atoms with E-state index in [0.717, 1.165) is 16.7 Å². The van der Waals surface area contributed by atoms with E-state index in [2.05, 4.69) is 58.4 Å². The first-order valence-electron chi connectivity index (χ1n) is 6.22. The van der Waals surface area contributed by atoms with Gasteiger partial charge in [-0.15, -0.1) is 0 Å². The standard InChI is InChI=1S/C14H17BrClN3/c1-4-17-13(14-11(16)8-18-19(14)3)10-7-5-6-9(2)12(10)15/h5-8,13,17H,4H2,1-3H3. The lowest BCUT2D eigenvalue weighted by Gasteiger charge is -2.21. The first kappa shape index (κ1) is 14.6. The summed E-state index contributed by atoms with van der Waals surface area (Å²) < 4.78 is 2.93. The molecule has 102 valence electrons. The van der Waals surface area contributed by atoms with E-state index in [-0.39, 0.29) is 6.04 Å². The van der Waals surface area contributed by atoms with Crippen molar-refractivity contribution in [1.29, 1.82) is 0 Å². The van der Waals surface area contributed by atoms with Gasteiger partial charge in [0.1, 0.15) is 0 Å². The van der Waals surface area contributed by atoms with E-state index in [9.17, 15) is 0 Å². The van der Waals surface area contributed by atoms with Crippen molar-refractivity contribution in [2.24, 2.45) is 7.05 Å². The van der Waals surface area contributed by atoms with Gasteiger partial charge in [0.05, 0.1) is 23.0 Å². The third-order valence-corrected chi connectivity index (χ3v) is 4.53. The Hall–Kier alpha value is -0.840. The molecule has 0 fully saturated rings. The van der Waals surface area contributed by atoms with E-state index >= 15 is 0 Å². The van der Waals surface area contributed by atoms with Crippen LogP contribution in [0.25, 0.3) is 0 Å². The van der Waals surface area contributed by atoms with Crippen molar-refractivity contribution in [2.45, 2.75) is 19.9 Å². The molecule has 1 aromatic heterocycles. The molecule has 0 saturated heterocycles. The number of aromatic nitrogens is 2. The molecule has 0 aliphatic heterocycles. The van der Waals surface area contributed by atoms with Crippen LogP contribution in [0, 0.1) is 6.92 Å². The molecule has 1 unspecified atom stereocenters. The molecule has 2 rings (SSSR count). The molecule has 1 N–H and O–H groups in total. The maximum atomic E-state index is 6.28. The molecule has 5 heteroatoms. The van der Waals surface area contributed by atoms with E-state index in [0.29, 0.717) is 5.02 Å². The Kier molecular flexibility index (Phi) is 4.66. The average Bonchev–Trinajstić information content (AvgIpc) is 2.70. The van der Waals surface area contributed by atoms with Gasteiger partial charge < -0.3 is 5.32 Å². The predicted octanol–water partition coefficient (Wildman–Crippen LogP) is 3.84. The van der Waals surface area contributed by atoms with Gasteiger partial charge in [-0.1, -0.05) is 52.7 Å². The second-order valence-corrected chi connectivity index (χ2v) is 5.67. The highest BCUT2D eigenvalue weighted by molar-refractivity contribution is 9.10. The van der Waals surface area contributed by atoms with Gasteiger partial charge in [-0.25, -0.2) is 0 Å². The highest BCUT2D eigenvalue weighted by atomic mass is 79.9. The minimum absolute atomic E-state index is 0.0271. The van der Waals surface area contributed by atoms with Gasteiger partial charge in [-0.2, -0.15) is 5.10 Å². The number of hydrogen-bond donors (Lipinski definition) is 1. The second kappa shape index (κ2) is 6.07. The monoisotopic (exact) mass is 341 g/mol. The Balaban J connectivity index is 2.55. The SMILES string of the molecule is CCNC(c1cccc(C)c1Br)c1c(Cl)cnn1C. The summed E-state index contributed by atoms with van der Waals surface area (Å²) in [6.45, 7) is 5.02. The van der Waals surface area contributed by atoms with E-state index in [1.807, 2.05) is 11.7 Å². The maximum Gasteiger partial charge on any atom is 0.0837 e. The summed E-state index contributed by atoms with van der Waals surface area (Å²) in [6.07, 6.45) is 1.69. The topological polar surface area (TPSA) is 29.9 Å². The minimum atomic E-state index is 0.0271. The Morgan fingerprint density at radius 3 is 2.79 bits per heavy atom. The molecule has 0 amide bonds. The normalized spacial score (nSPS) is 12.7. The van der Waals surface area contributed by atoms with Gasteiger partial charge in [-0.05, 0) is 24.6 Å². The lowest BCUT2D eigenvalue weighted by Crippen LogP contribution is -2.25. The lowest BCUT2D eigenvalue weighted by molar-refractivity contribution is 0.571. The lowest BCUT2D eigenvalue weighted by atomic mass is 10.0. The molecule has 1 atom stereocenters. The van der Waals surface area contributed by atoms with Crippen molar-refractivity contribution in [1.82, 2.24) is 15.1 Å². The van der Waals surface area contributed by atoms with Crippen molar-refractivity contribution >= 4 is 27.5 Å². The zero-order valence-corrected chi connectivity index (χ0v) is 13.6.